The van der Waals surface area contributed by atoms with Crippen LogP contribution in [0, 0.1) is 6.92 Å². The van der Waals surface area contributed by atoms with Gasteiger partial charge in [0.2, 0.25) is 5.95 Å². The molecule has 0 bridgehead atoms. The molecular formula is C34H44ClN5O3S. The van der Waals surface area contributed by atoms with Gasteiger partial charge in [-0.05, 0) is 87.9 Å². The van der Waals surface area contributed by atoms with Gasteiger partial charge in [-0.25, -0.2) is 10.0 Å². The van der Waals surface area contributed by atoms with Crippen LogP contribution in [0.5, 0.6) is 5.75 Å². The minimum absolute atomic E-state index is 0.0287. The van der Waals surface area contributed by atoms with Crippen molar-refractivity contribution in [2.24, 2.45) is 0 Å². The van der Waals surface area contributed by atoms with E-state index in [1.54, 1.807) is 11.8 Å². The number of aromatic nitrogens is 2. The monoisotopic (exact) mass is 637 g/mol. The maximum absolute atomic E-state index is 11.3. The Morgan fingerprint density at radius 1 is 1.16 bits per heavy atom. The first-order chi connectivity index (χ1) is 21.1. The number of benzene rings is 2. The largest absolute Gasteiger partial charge is 0.489 e. The van der Waals surface area contributed by atoms with Gasteiger partial charge in [-0.3, -0.25) is 10.1 Å². The molecule has 0 aliphatic carbocycles. The van der Waals surface area contributed by atoms with Crippen LogP contribution in [0.2, 0.25) is 5.02 Å². The van der Waals surface area contributed by atoms with Gasteiger partial charge in [0.05, 0.1) is 23.7 Å². The zero-order valence-corrected chi connectivity index (χ0v) is 28.1. The molecule has 1 aromatic heterocycles. The average Bonchev–Trinajstić information content (AvgIpc) is 2.99. The van der Waals surface area contributed by atoms with E-state index in [1.807, 2.05) is 38.1 Å². The van der Waals surface area contributed by atoms with Crippen molar-refractivity contribution in [3.63, 3.8) is 0 Å². The molecule has 1 saturated heterocycles. The van der Waals surface area contributed by atoms with Crippen LogP contribution < -0.4 is 15.1 Å². The predicted molar refractivity (Wildman–Crippen MR) is 181 cm³/mol. The zero-order chi connectivity index (χ0) is 31.4. The molecule has 236 valence electrons. The summed E-state index contributed by atoms with van der Waals surface area (Å²) in [6.07, 6.45) is 7.04. The Bertz CT molecular complexity index is 1480. The third-order valence-corrected chi connectivity index (χ3v) is 9.29. The second-order valence-electron chi connectivity index (χ2n) is 12.1. The summed E-state index contributed by atoms with van der Waals surface area (Å²) in [5.74, 6) is 1.22. The molecule has 3 aromatic rings. The highest BCUT2D eigenvalue weighted by Gasteiger charge is 2.29. The number of ether oxygens (including phenoxy) is 2. The lowest BCUT2D eigenvalue weighted by molar-refractivity contribution is 0.0239. The van der Waals surface area contributed by atoms with Gasteiger partial charge < -0.3 is 14.8 Å². The van der Waals surface area contributed by atoms with Gasteiger partial charge in [0, 0.05) is 42.0 Å². The van der Waals surface area contributed by atoms with Gasteiger partial charge in [0.25, 0.3) is 0 Å². The maximum Gasteiger partial charge on any atom is 0.229 e. The van der Waals surface area contributed by atoms with Crippen LogP contribution in [0.4, 0.5) is 23.1 Å². The minimum atomic E-state index is -0.0287. The fourth-order valence-corrected chi connectivity index (χ4v) is 7.04. The van der Waals surface area contributed by atoms with Gasteiger partial charge in [0.15, 0.2) is 5.82 Å². The second kappa shape index (κ2) is 14.5. The summed E-state index contributed by atoms with van der Waals surface area (Å²) in [5.41, 5.74) is 5.04. The Labute approximate surface area is 270 Å². The molecular weight excluding hydrogens is 594 g/mol. The summed E-state index contributed by atoms with van der Waals surface area (Å²) in [6, 6.07) is 12.9. The van der Waals surface area contributed by atoms with Gasteiger partial charge in [-0.2, -0.15) is 4.98 Å². The molecule has 2 N–H and O–H groups in total. The van der Waals surface area contributed by atoms with Crippen molar-refractivity contribution >= 4 is 52.1 Å². The van der Waals surface area contributed by atoms with Crippen LogP contribution in [0.3, 0.4) is 0 Å². The molecule has 0 radical (unpaired) electrons. The van der Waals surface area contributed by atoms with Crippen molar-refractivity contribution in [1.29, 1.82) is 0 Å². The summed E-state index contributed by atoms with van der Waals surface area (Å²) in [6.45, 7) is 15.4. The molecule has 44 heavy (non-hydrogen) atoms. The topological polar surface area (TPSA) is 83.0 Å². The maximum atomic E-state index is 11.3. The number of nitrogens with one attached hydrogen (secondary N) is 1. The Morgan fingerprint density at radius 3 is 2.61 bits per heavy atom. The lowest BCUT2D eigenvalue weighted by Crippen LogP contribution is -2.46. The zero-order valence-electron chi connectivity index (χ0n) is 26.5. The van der Waals surface area contributed by atoms with Crippen molar-refractivity contribution in [3.8, 4) is 5.75 Å². The van der Waals surface area contributed by atoms with E-state index in [9.17, 15) is 5.21 Å². The summed E-state index contributed by atoms with van der Waals surface area (Å²) in [4.78, 5) is 12.6. The van der Waals surface area contributed by atoms with Gasteiger partial charge in [-0.1, -0.05) is 43.7 Å². The van der Waals surface area contributed by atoms with Crippen LogP contribution >= 0.6 is 23.4 Å². The molecule has 5 rings (SSSR count). The molecule has 8 nitrogen and oxygen atoms in total. The van der Waals surface area contributed by atoms with E-state index in [0.717, 1.165) is 66.0 Å². The van der Waals surface area contributed by atoms with E-state index < -0.39 is 0 Å². The second-order valence-corrected chi connectivity index (χ2v) is 14.1. The van der Waals surface area contributed by atoms with Crippen molar-refractivity contribution in [2.45, 2.75) is 89.1 Å². The standard InChI is InChI=1S/C34H44ClN5O3S/c1-21(2)43-31-19-27(25-11-14-39(24(6)18-25)26-12-15-42-16-13-26)23(5)17-29(31)37-34-36-20-28(35)33(38-34)40(41)30-9-7-8-10-32(30)44-22(3)4/h7-11,17,19-22,24,26,41H,12-16,18H2,1-6H3,(H,36,37,38)/t24-/m1/s1. The quantitative estimate of drug-likeness (QED) is 0.168. The van der Waals surface area contributed by atoms with Crippen LogP contribution in [0.1, 0.15) is 65.0 Å². The van der Waals surface area contributed by atoms with E-state index in [-0.39, 0.29) is 16.9 Å². The fraction of sp³-hybridized carbons (Fsp3) is 0.471. The van der Waals surface area contributed by atoms with Gasteiger partial charge in [-0.15, -0.1) is 11.8 Å². The van der Waals surface area contributed by atoms with E-state index in [0.29, 0.717) is 29.0 Å². The van der Waals surface area contributed by atoms with Gasteiger partial charge in [0.1, 0.15) is 10.8 Å². The van der Waals surface area contributed by atoms with E-state index in [2.05, 4.69) is 66.1 Å². The molecule has 2 aromatic carbocycles. The average molecular weight is 638 g/mol. The van der Waals surface area contributed by atoms with E-state index in [1.165, 1.54) is 17.3 Å². The Morgan fingerprint density at radius 2 is 1.91 bits per heavy atom. The molecule has 0 amide bonds. The Balaban J connectivity index is 1.42. The number of nitrogens with zero attached hydrogens (tertiary/aromatic N) is 4. The highest BCUT2D eigenvalue weighted by molar-refractivity contribution is 8.00. The highest BCUT2D eigenvalue weighted by atomic mass is 35.5. The first-order valence-electron chi connectivity index (χ1n) is 15.5. The third-order valence-electron chi connectivity index (χ3n) is 7.95. The highest BCUT2D eigenvalue weighted by Crippen LogP contribution is 2.40. The molecule has 1 atom stereocenters. The van der Waals surface area contributed by atoms with Crippen LogP contribution in [-0.4, -0.2) is 63.3 Å². The van der Waals surface area contributed by atoms with Crippen LogP contribution in [0.15, 0.2) is 53.6 Å². The molecule has 0 saturated carbocycles. The fourth-order valence-electron chi connectivity index (χ4n) is 5.93. The van der Waals surface area contributed by atoms with Crippen molar-refractivity contribution in [1.82, 2.24) is 14.9 Å². The van der Waals surface area contributed by atoms with Gasteiger partial charge >= 0.3 is 0 Å². The Kier molecular flexibility index (Phi) is 10.7. The molecule has 1 fully saturated rings. The number of aryl methyl sites for hydroxylation is 1. The first kappa shape index (κ1) is 32.6. The third kappa shape index (κ3) is 7.69. The number of rotatable bonds is 10. The molecule has 2 aliphatic rings. The Hall–Kier alpha value is -2.82. The molecule has 10 heteroatoms. The molecule has 3 heterocycles. The van der Waals surface area contributed by atoms with Crippen molar-refractivity contribution < 1.29 is 14.7 Å². The normalized spacial score (nSPS) is 18.0. The van der Waals surface area contributed by atoms with E-state index >= 15 is 0 Å². The minimum Gasteiger partial charge on any atom is -0.489 e. The number of halogens is 1. The predicted octanol–water partition coefficient (Wildman–Crippen LogP) is 8.65. The molecule has 0 unspecified atom stereocenters. The summed E-state index contributed by atoms with van der Waals surface area (Å²) in [5, 5.41) is 16.2. The van der Waals surface area contributed by atoms with E-state index in [4.69, 9.17) is 21.1 Å². The first-order valence-corrected chi connectivity index (χ1v) is 16.7. The SMILES string of the molecule is Cc1cc(Nc2ncc(Cl)c(N(O)c3ccccc3SC(C)C)n2)c(OC(C)C)cc1C1=CCN(C2CCOCC2)[C@H](C)C1. The summed E-state index contributed by atoms with van der Waals surface area (Å²) < 4.78 is 11.9. The molecule has 0 spiro atoms. The van der Waals surface area contributed by atoms with Crippen molar-refractivity contribution in [3.05, 3.63) is 64.8 Å². The summed E-state index contributed by atoms with van der Waals surface area (Å²) in [7, 11) is 0. The summed E-state index contributed by atoms with van der Waals surface area (Å²) >= 11 is 8.16. The number of hydrogen-bond donors (Lipinski definition) is 2. The number of anilines is 4. The number of para-hydroxylation sites is 1. The lowest BCUT2D eigenvalue weighted by Gasteiger charge is -2.41. The van der Waals surface area contributed by atoms with Crippen LogP contribution in [0.25, 0.3) is 5.57 Å². The van der Waals surface area contributed by atoms with Crippen LogP contribution in [-0.2, 0) is 4.74 Å². The number of thioether (sulfide) groups is 1. The lowest BCUT2D eigenvalue weighted by atomic mass is 9.90. The molecule has 2 aliphatic heterocycles. The smallest absolute Gasteiger partial charge is 0.229 e. The van der Waals surface area contributed by atoms with Crippen molar-refractivity contribution in [2.75, 3.05) is 30.1 Å². The number of hydrogen-bond acceptors (Lipinski definition) is 9.